The summed E-state index contributed by atoms with van der Waals surface area (Å²) in [7, 11) is -3.66. The van der Waals surface area contributed by atoms with E-state index < -0.39 is 10.0 Å². The van der Waals surface area contributed by atoms with Gasteiger partial charge in [-0.3, -0.25) is 4.79 Å². The van der Waals surface area contributed by atoms with Gasteiger partial charge in [0, 0.05) is 6.42 Å². The molecule has 5 nitrogen and oxygen atoms in total. The molecule has 1 atom stereocenters. The number of amides is 1. The summed E-state index contributed by atoms with van der Waals surface area (Å²) in [6, 6.07) is 6.02. The van der Waals surface area contributed by atoms with Crippen molar-refractivity contribution in [3.63, 3.8) is 0 Å². The highest BCUT2D eigenvalue weighted by Crippen LogP contribution is 2.15. The number of benzene rings is 1. The van der Waals surface area contributed by atoms with Crippen LogP contribution in [0.2, 0.25) is 0 Å². The monoisotopic (exact) mass is 270 g/mol. The molecule has 0 saturated carbocycles. The van der Waals surface area contributed by atoms with Crippen molar-refractivity contribution in [2.45, 2.75) is 37.6 Å². The highest BCUT2D eigenvalue weighted by molar-refractivity contribution is 7.89. The number of sulfonamides is 1. The first-order valence-corrected chi connectivity index (χ1v) is 7.31. The number of hydrogen-bond acceptors (Lipinski definition) is 3. The Bertz CT molecular complexity index is 509. The number of nitrogens with one attached hydrogen (secondary N) is 1. The SMILES string of the molecule is CCCC(=O)NC(C)c1ccc(S(N)(=O)=O)cc1. The van der Waals surface area contributed by atoms with Crippen LogP contribution in [0.1, 0.15) is 38.3 Å². The fourth-order valence-electron chi connectivity index (χ4n) is 1.57. The summed E-state index contributed by atoms with van der Waals surface area (Å²) in [5.41, 5.74) is 0.840. The molecule has 6 heteroatoms. The average Bonchev–Trinajstić information content (AvgIpc) is 2.28. The Morgan fingerprint density at radius 1 is 1.33 bits per heavy atom. The van der Waals surface area contributed by atoms with E-state index in [9.17, 15) is 13.2 Å². The predicted molar refractivity (Wildman–Crippen MR) is 69.3 cm³/mol. The van der Waals surface area contributed by atoms with E-state index in [-0.39, 0.29) is 16.8 Å². The van der Waals surface area contributed by atoms with Gasteiger partial charge in [-0.2, -0.15) is 0 Å². The fourth-order valence-corrected chi connectivity index (χ4v) is 2.09. The first-order valence-electron chi connectivity index (χ1n) is 5.76. The van der Waals surface area contributed by atoms with Gasteiger partial charge in [-0.25, -0.2) is 13.6 Å². The van der Waals surface area contributed by atoms with Crippen molar-refractivity contribution < 1.29 is 13.2 Å². The van der Waals surface area contributed by atoms with Crippen LogP contribution < -0.4 is 10.5 Å². The second-order valence-electron chi connectivity index (χ2n) is 4.15. The van der Waals surface area contributed by atoms with Crippen molar-refractivity contribution in [3.05, 3.63) is 29.8 Å². The summed E-state index contributed by atoms with van der Waals surface area (Å²) in [6.45, 7) is 3.78. The topological polar surface area (TPSA) is 89.3 Å². The van der Waals surface area contributed by atoms with E-state index in [1.54, 1.807) is 12.1 Å². The minimum atomic E-state index is -3.66. The number of carbonyl (C=O) groups excluding carboxylic acids is 1. The van der Waals surface area contributed by atoms with Crippen molar-refractivity contribution in [3.8, 4) is 0 Å². The molecular weight excluding hydrogens is 252 g/mol. The Morgan fingerprint density at radius 3 is 2.33 bits per heavy atom. The number of carbonyl (C=O) groups is 1. The molecule has 0 spiro atoms. The van der Waals surface area contributed by atoms with Gasteiger partial charge in [0.25, 0.3) is 0 Å². The van der Waals surface area contributed by atoms with Gasteiger partial charge in [0.15, 0.2) is 0 Å². The second kappa shape index (κ2) is 5.97. The molecule has 0 heterocycles. The molecule has 3 N–H and O–H groups in total. The lowest BCUT2D eigenvalue weighted by molar-refractivity contribution is -0.121. The van der Waals surface area contributed by atoms with Gasteiger partial charge in [-0.1, -0.05) is 19.1 Å². The third-order valence-electron chi connectivity index (χ3n) is 2.56. The molecule has 1 aromatic carbocycles. The minimum Gasteiger partial charge on any atom is -0.350 e. The lowest BCUT2D eigenvalue weighted by atomic mass is 10.1. The van der Waals surface area contributed by atoms with E-state index in [1.165, 1.54) is 12.1 Å². The largest absolute Gasteiger partial charge is 0.350 e. The van der Waals surface area contributed by atoms with E-state index in [0.717, 1.165) is 12.0 Å². The standard InChI is InChI=1S/C12H18N2O3S/c1-3-4-12(15)14-9(2)10-5-7-11(8-6-10)18(13,16)17/h5-9H,3-4H2,1-2H3,(H,14,15)(H2,13,16,17). The Kier molecular flexibility index (Phi) is 4.86. The molecule has 1 rings (SSSR count). The van der Waals surface area contributed by atoms with Crippen LogP contribution in [0.25, 0.3) is 0 Å². The normalized spacial score (nSPS) is 13.1. The number of primary sulfonamides is 1. The molecular formula is C12H18N2O3S. The molecule has 0 aromatic heterocycles. The molecule has 1 unspecified atom stereocenters. The number of nitrogens with two attached hydrogens (primary N) is 1. The maximum absolute atomic E-state index is 11.4. The summed E-state index contributed by atoms with van der Waals surface area (Å²) in [6.07, 6.45) is 1.28. The van der Waals surface area contributed by atoms with Crippen LogP contribution in [0.3, 0.4) is 0 Å². The Hall–Kier alpha value is -1.40. The van der Waals surface area contributed by atoms with Gasteiger partial charge in [0.2, 0.25) is 15.9 Å². The highest BCUT2D eigenvalue weighted by atomic mass is 32.2. The Labute approximate surface area is 107 Å². The van der Waals surface area contributed by atoms with Crippen LogP contribution in [0.15, 0.2) is 29.2 Å². The molecule has 0 radical (unpaired) electrons. The van der Waals surface area contributed by atoms with Crippen molar-refractivity contribution >= 4 is 15.9 Å². The van der Waals surface area contributed by atoms with Gasteiger partial charge in [0.05, 0.1) is 10.9 Å². The van der Waals surface area contributed by atoms with Crippen LogP contribution >= 0.6 is 0 Å². The summed E-state index contributed by atoms with van der Waals surface area (Å²) in [5, 5.41) is 7.84. The van der Waals surface area contributed by atoms with Crippen molar-refractivity contribution in [2.24, 2.45) is 5.14 Å². The quantitative estimate of drug-likeness (QED) is 0.845. The number of hydrogen-bond donors (Lipinski definition) is 2. The molecule has 0 fully saturated rings. The highest BCUT2D eigenvalue weighted by Gasteiger charge is 2.11. The zero-order valence-corrected chi connectivity index (χ0v) is 11.3. The fraction of sp³-hybridized carbons (Fsp3) is 0.417. The summed E-state index contributed by atoms with van der Waals surface area (Å²) in [4.78, 5) is 11.5. The average molecular weight is 270 g/mol. The van der Waals surface area contributed by atoms with Crippen LogP contribution in [-0.2, 0) is 14.8 Å². The van der Waals surface area contributed by atoms with Gasteiger partial charge >= 0.3 is 0 Å². The predicted octanol–water partition coefficient (Wildman–Crippen LogP) is 1.31. The minimum absolute atomic E-state index is 0.0134. The maximum Gasteiger partial charge on any atom is 0.238 e. The summed E-state index contributed by atoms with van der Waals surface area (Å²) in [5.74, 6) is -0.0134. The van der Waals surface area contributed by atoms with Gasteiger partial charge in [-0.15, -0.1) is 0 Å². The molecule has 100 valence electrons. The van der Waals surface area contributed by atoms with Crippen molar-refractivity contribution in [1.29, 1.82) is 0 Å². The number of rotatable bonds is 5. The first kappa shape index (κ1) is 14.7. The van der Waals surface area contributed by atoms with Crippen LogP contribution in [0.4, 0.5) is 0 Å². The first-order chi connectivity index (χ1) is 8.34. The van der Waals surface area contributed by atoms with Crippen LogP contribution in [0, 0.1) is 0 Å². The zero-order chi connectivity index (χ0) is 13.8. The van der Waals surface area contributed by atoms with E-state index in [1.807, 2.05) is 13.8 Å². The molecule has 1 amide bonds. The zero-order valence-electron chi connectivity index (χ0n) is 10.5. The van der Waals surface area contributed by atoms with E-state index in [4.69, 9.17) is 5.14 Å². The third kappa shape index (κ3) is 4.12. The molecule has 1 aromatic rings. The molecule has 0 bridgehead atoms. The Balaban J connectivity index is 2.76. The molecule has 0 aliphatic rings. The van der Waals surface area contributed by atoms with E-state index >= 15 is 0 Å². The Morgan fingerprint density at radius 2 is 1.89 bits per heavy atom. The van der Waals surface area contributed by atoms with E-state index in [0.29, 0.717) is 6.42 Å². The second-order valence-corrected chi connectivity index (χ2v) is 5.71. The van der Waals surface area contributed by atoms with Crippen molar-refractivity contribution in [1.82, 2.24) is 5.32 Å². The van der Waals surface area contributed by atoms with Crippen molar-refractivity contribution in [2.75, 3.05) is 0 Å². The summed E-state index contributed by atoms with van der Waals surface area (Å²) >= 11 is 0. The van der Waals surface area contributed by atoms with Crippen LogP contribution in [0.5, 0.6) is 0 Å². The smallest absolute Gasteiger partial charge is 0.238 e. The summed E-state index contributed by atoms with van der Waals surface area (Å²) < 4.78 is 22.2. The molecule has 0 saturated heterocycles. The van der Waals surface area contributed by atoms with Gasteiger partial charge in [-0.05, 0) is 31.0 Å². The third-order valence-corrected chi connectivity index (χ3v) is 3.49. The van der Waals surface area contributed by atoms with Gasteiger partial charge in [0.1, 0.15) is 0 Å². The maximum atomic E-state index is 11.4. The molecule has 18 heavy (non-hydrogen) atoms. The lowest BCUT2D eigenvalue weighted by Crippen LogP contribution is -2.26. The van der Waals surface area contributed by atoms with E-state index in [2.05, 4.69) is 5.32 Å². The van der Waals surface area contributed by atoms with Gasteiger partial charge < -0.3 is 5.32 Å². The molecule has 0 aliphatic heterocycles. The lowest BCUT2D eigenvalue weighted by Gasteiger charge is -2.14. The molecule has 0 aliphatic carbocycles. The van der Waals surface area contributed by atoms with Crippen LogP contribution in [-0.4, -0.2) is 14.3 Å².